The third kappa shape index (κ3) is 5.85. The van der Waals surface area contributed by atoms with Crippen molar-refractivity contribution in [2.45, 2.75) is 31.8 Å². The molecule has 0 fully saturated rings. The van der Waals surface area contributed by atoms with Gasteiger partial charge in [-0.2, -0.15) is 0 Å². The maximum absolute atomic E-state index is 10.8. The number of carbonyl (C=O) groups is 1. The number of fused-ring (bicyclic) bond motifs is 1. The zero-order chi connectivity index (χ0) is 23.3. The van der Waals surface area contributed by atoms with Gasteiger partial charge in [-0.3, -0.25) is 0 Å². The van der Waals surface area contributed by atoms with Gasteiger partial charge in [-0.1, -0.05) is 72.8 Å². The normalized spacial score (nSPS) is 14.6. The molecule has 0 radical (unpaired) electrons. The van der Waals surface area contributed by atoms with E-state index in [-0.39, 0.29) is 35.6 Å². The van der Waals surface area contributed by atoms with Gasteiger partial charge >= 0.3 is 29.6 Å². The second-order valence-electron chi connectivity index (χ2n) is 8.33. The van der Waals surface area contributed by atoms with Crippen LogP contribution >= 0.6 is 0 Å². The summed E-state index contributed by atoms with van der Waals surface area (Å²) in [6.07, 6.45) is 2.80. The molecule has 7 heteroatoms. The number of carboxylic acid groups (broad SMARTS) is 1. The fourth-order valence-corrected chi connectivity index (χ4v) is 4.53. The van der Waals surface area contributed by atoms with Gasteiger partial charge in [0.2, 0.25) is 5.89 Å². The maximum Gasteiger partial charge on any atom is 1.00 e. The molecule has 0 aliphatic heterocycles. The Hall–Kier alpha value is -2.90. The first kappa shape index (κ1) is 25.2. The standard InChI is InChI=1S/C28H26N2O4.Na/c31-26(32)18-33-24-16-8-13-21-22(24)14-7-15-23(21)29-17-25-30-27(19-9-3-1-4-10-19)28(34-25)20-11-5-2-6-12-20;/h1-6,8-13,16,23,29H,7,14-15,17-18H2,(H,31,32);/q;+1/p-1/t23-;/m1./s1. The van der Waals surface area contributed by atoms with Crippen LogP contribution in [0.1, 0.15) is 35.9 Å². The molecule has 0 unspecified atom stereocenters. The first-order chi connectivity index (χ1) is 16.7. The summed E-state index contributed by atoms with van der Waals surface area (Å²) in [5.41, 5.74) is 4.99. The van der Waals surface area contributed by atoms with E-state index in [1.54, 1.807) is 0 Å². The Morgan fingerprint density at radius 2 is 1.71 bits per heavy atom. The molecule has 3 aromatic carbocycles. The molecule has 1 aromatic heterocycles. The summed E-state index contributed by atoms with van der Waals surface area (Å²) in [6.45, 7) is 0.0241. The fourth-order valence-electron chi connectivity index (χ4n) is 4.53. The summed E-state index contributed by atoms with van der Waals surface area (Å²) in [7, 11) is 0. The Balaban J connectivity index is 0.00000289. The summed E-state index contributed by atoms with van der Waals surface area (Å²) in [5.74, 6) is 0.761. The average Bonchev–Trinajstić information content (AvgIpc) is 3.31. The van der Waals surface area contributed by atoms with E-state index in [1.807, 2.05) is 72.8 Å². The van der Waals surface area contributed by atoms with Crippen molar-refractivity contribution in [2.24, 2.45) is 0 Å². The number of carboxylic acids is 1. The van der Waals surface area contributed by atoms with E-state index >= 15 is 0 Å². The van der Waals surface area contributed by atoms with Crippen LogP contribution in [0.3, 0.4) is 0 Å². The topological polar surface area (TPSA) is 87.4 Å². The second-order valence-corrected chi connectivity index (χ2v) is 8.33. The molecule has 6 nitrogen and oxygen atoms in total. The van der Waals surface area contributed by atoms with E-state index in [1.165, 1.54) is 0 Å². The van der Waals surface area contributed by atoms with Crippen molar-refractivity contribution >= 4 is 5.97 Å². The van der Waals surface area contributed by atoms with Crippen molar-refractivity contribution < 1.29 is 48.6 Å². The quantitative estimate of drug-likeness (QED) is 0.386. The van der Waals surface area contributed by atoms with Crippen LogP contribution in [0.5, 0.6) is 5.75 Å². The molecule has 0 bridgehead atoms. The smallest absolute Gasteiger partial charge is 0.546 e. The van der Waals surface area contributed by atoms with Crippen LogP contribution in [0.2, 0.25) is 0 Å². The number of benzene rings is 3. The largest absolute Gasteiger partial charge is 1.00 e. The number of hydrogen-bond donors (Lipinski definition) is 1. The molecule has 0 spiro atoms. The van der Waals surface area contributed by atoms with E-state index in [0.717, 1.165) is 53.0 Å². The molecule has 0 saturated heterocycles. The SMILES string of the molecule is O=C([O-])COc1cccc2c1CCC[C@H]2NCc1nc(-c2ccccc2)c(-c2ccccc2)o1.[Na+]. The Labute approximate surface area is 226 Å². The van der Waals surface area contributed by atoms with Crippen molar-refractivity contribution in [2.75, 3.05) is 6.61 Å². The van der Waals surface area contributed by atoms with Crippen LogP contribution in [0.4, 0.5) is 0 Å². The van der Waals surface area contributed by atoms with Crippen LogP contribution in [-0.4, -0.2) is 17.6 Å². The number of hydrogen-bond acceptors (Lipinski definition) is 6. The Morgan fingerprint density at radius 3 is 2.43 bits per heavy atom. The molecule has 0 saturated carbocycles. The minimum atomic E-state index is -1.23. The van der Waals surface area contributed by atoms with Crippen LogP contribution in [-0.2, 0) is 17.8 Å². The number of aliphatic carboxylic acids is 1. The predicted octanol–water partition coefficient (Wildman–Crippen LogP) is 1.31. The molecule has 1 aliphatic rings. The van der Waals surface area contributed by atoms with Crippen molar-refractivity contribution in [1.82, 2.24) is 10.3 Å². The molecule has 1 N–H and O–H groups in total. The van der Waals surface area contributed by atoms with Gasteiger partial charge in [0, 0.05) is 17.2 Å². The molecule has 4 aromatic rings. The van der Waals surface area contributed by atoms with Gasteiger partial charge in [-0.25, -0.2) is 4.98 Å². The summed E-state index contributed by atoms with van der Waals surface area (Å²) < 4.78 is 11.7. The predicted molar refractivity (Wildman–Crippen MR) is 127 cm³/mol. The molecule has 5 rings (SSSR count). The minimum absolute atomic E-state index is 0. The zero-order valence-corrected chi connectivity index (χ0v) is 21.7. The van der Waals surface area contributed by atoms with Crippen molar-refractivity contribution in [1.29, 1.82) is 0 Å². The fraction of sp³-hybridized carbons (Fsp3) is 0.214. The average molecular weight is 477 g/mol. The maximum atomic E-state index is 10.8. The van der Waals surface area contributed by atoms with E-state index in [4.69, 9.17) is 14.1 Å². The van der Waals surface area contributed by atoms with Gasteiger partial charge in [0.1, 0.15) is 18.1 Å². The molecule has 35 heavy (non-hydrogen) atoms. The Bertz CT molecular complexity index is 1220. The van der Waals surface area contributed by atoms with E-state index in [0.29, 0.717) is 18.2 Å². The molecule has 1 heterocycles. The summed E-state index contributed by atoms with van der Waals surface area (Å²) in [4.78, 5) is 15.7. The third-order valence-electron chi connectivity index (χ3n) is 6.06. The van der Waals surface area contributed by atoms with Gasteiger partial charge in [-0.05, 0) is 36.5 Å². The first-order valence-electron chi connectivity index (χ1n) is 11.5. The third-order valence-corrected chi connectivity index (χ3v) is 6.06. The van der Waals surface area contributed by atoms with E-state index in [9.17, 15) is 9.90 Å². The van der Waals surface area contributed by atoms with Gasteiger partial charge in [0.25, 0.3) is 0 Å². The molecular formula is C28H25N2NaO4. The van der Waals surface area contributed by atoms with Gasteiger partial charge in [0.05, 0.1) is 12.5 Å². The molecular weight excluding hydrogens is 451 g/mol. The molecule has 0 amide bonds. The number of oxazole rings is 1. The van der Waals surface area contributed by atoms with Gasteiger partial charge in [0.15, 0.2) is 5.76 Å². The van der Waals surface area contributed by atoms with E-state index < -0.39 is 12.6 Å². The number of ether oxygens (including phenoxy) is 1. The second kappa shape index (κ2) is 11.7. The first-order valence-corrected chi connectivity index (χ1v) is 11.5. The number of carbonyl (C=O) groups excluding carboxylic acids is 1. The van der Waals surface area contributed by atoms with E-state index in [2.05, 4.69) is 11.4 Å². The zero-order valence-electron chi connectivity index (χ0n) is 19.7. The van der Waals surface area contributed by atoms with Crippen molar-refractivity contribution in [3.05, 3.63) is 95.9 Å². The molecule has 1 atom stereocenters. The van der Waals surface area contributed by atoms with Crippen LogP contribution in [0.15, 0.2) is 83.3 Å². The molecule has 172 valence electrons. The van der Waals surface area contributed by atoms with Crippen LogP contribution in [0, 0.1) is 0 Å². The number of nitrogens with one attached hydrogen (secondary N) is 1. The summed E-state index contributed by atoms with van der Waals surface area (Å²) in [5, 5.41) is 14.4. The van der Waals surface area contributed by atoms with Crippen molar-refractivity contribution in [3.63, 3.8) is 0 Å². The Kier molecular flexibility index (Phi) is 8.42. The van der Waals surface area contributed by atoms with Crippen LogP contribution in [0.25, 0.3) is 22.6 Å². The molecule has 1 aliphatic carbocycles. The number of nitrogens with zero attached hydrogens (tertiary/aromatic N) is 1. The number of aromatic nitrogens is 1. The Morgan fingerprint density at radius 1 is 1.00 bits per heavy atom. The van der Waals surface area contributed by atoms with Crippen LogP contribution < -0.4 is 44.7 Å². The monoisotopic (exact) mass is 476 g/mol. The number of rotatable bonds is 8. The minimum Gasteiger partial charge on any atom is -0.546 e. The summed E-state index contributed by atoms with van der Waals surface area (Å²) in [6, 6.07) is 25.9. The summed E-state index contributed by atoms with van der Waals surface area (Å²) >= 11 is 0. The van der Waals surface area contributed by atoms with Gasteiger partial charge in [-0.15, -0.1) is 0 Å². The van der Waals surface area contributed by atoms with Crippen molar-refractivity contribution in [3.8, 4) is 28.3 Å². The van der Waals surface area contributed by atoms with Gasteiger partial charge < -0.3 is 24.4 Å².